The zero-order chi connectivity index (χ0) is 24.5. The van der Waals surface area contributed by atoms with Crippen LogP contribution in [-0.4, -0.2) is 72.3 Å². The molecular formula is C25H36Cl2N2O5. The van der Waals surface area contributed by atoms with E-state index < -0.39 is 46.8 Å². The smallest absolute Gasteiger partial charge is 0.328 e. The molecule has 0 bridgehead atoms. The zero-order valence-corrected chi connectivity index (χ0v) is 21.1. The van der Waals surface area contributed by atoms with Crippen LogP contribution < -0.4 is 10.6 Å². The standard InChI is InChI=1S/C25H36Cl2N2O5/c1-2-33-25(32)20(14-17-6-4-3-5-7-17)29-24(31)18-15-19(26)23(21(27)22(18)30)34-13-10-16-8-11-28-12-9-16/h3-7,16,18-23,28,30H,2,8-15H2,1H3,(H,29,31)/t18?,19?,20-,21?,22?,23?/m1/s1. The molecule has 2 fully saturated rings. The van der Waals surface area contributed by atoms with Crippen molar-refractivity contribution >= 4 is 35.1 Å². The largest absolute Gasteiger partial charge is 0.464 e. The number of alkyl halides is 2. The highest BCUT2D eigenvalue weighted by atomic mass is 35.5. The SMILES string of the molecule is CCOC(=O)[C@@H](Cc1ccccc1)NC(=O)C1CC(Cl)C(OCCC2CCNCC2)C(Cl)C1O. The quantitative estimate of drug-likeness (QED) is 0.328. The number of benzene rings is 1. The molecule has 190 valence electrons. The number of carbonyl (C=O) groups excluding carboxylic acids is 2. The fraction of sp³-hybridized carbons (Fsp3) is 0.680. The van der Waals surface area contributed by atoms with Crippen LogP contribution in [0.4, 0.5) is 0 Å². The van der Waals surface area contributed by atoms with E-state index in [-0.39, 0.29) is 19.4 Å². The van der Waals surface area contributed by atoms with Gasteiger partial charge in [0.25, 0.3) is 0 Å². The fourth-order valence-electron chi connectivity index (χ4n) is 4.70. The number of piperidine rings is 1. The van der Waals surface area contributed by atoms with Gasteiger partial charge >= 0.3 is 5.97 Å². The van der Waals surface area contributed by atoms with E-state index in [0.717, 1.165) is 37.9 Å². The van der Waals surface area contributed by atoms with Gasteiger partial charge in [-0.15, -0.1) is 23.2 Å². The second-order valence-corrected chi connectivity index (χ2v) is 10.2. The highest BCUT2D eigenvalue weighted by Crippen LogP contribution is 2.35. The molecule has 7 nitrogen and oxygen atoms in total. The first-order chi connectivity index (χ1) is 16.4. The molecular weight excluding hydrogens is 479 g/mol. The number of carbonyl (C=O) groups is 2. The van der Waals surface area contributed by atoms with Gasteiger partial charge in [0.05, 0.1) is 35.5 Å². The number of nitrogens with one attached hydrogen (secondary N) is 2. The Morgan fingerprint density at radius 3 is 2.59 bits per heavy atom. The monoisotopic (exact) mass is 514 g/mol. The third-order valence-corrected chi connectivity index (χ3v) is 7.62. The molecule has 1 saturated carbocycles. The summed E-state index contributed by atoms with van der Waals surface area (Å²) in [7, 11) is 0. The average Bonchev–Trinajstić information content (AvgIpc) is 2.84. The molecule has 3 N–H and O–H groups in total. The second kappa shape index (κ2) is 13.6. The van der Waals surface area contributed by atoms with Crippen molar-refractivity contribution in [1.29, 1.82) is 0 Å². The number of amides is 1. The Morgan fingerprint density at radius 1 is 1.21 bits per heavy atom. The summed E-state index contributed by atoms with van der Waals surface area (Å²) in [5.74, 6) is -1.22. The van der Waals surface area contributed by atoms with Crippen LogP contribution in [0.3, 0.4) is 0 Å². The van der Waals surface area contributed by atoms with Crippen molar-refractivity contribution in [1.82, 2.24) is 10.6 Å². The number of hydrogen-bond acceptors (Lipinski definition) is 6. The molecule has 9 heteroatoms. The summed E-state index contributed by atoms with van der Waals surface area (Å²) >= 11 is 13.1. The van der Waals surface area contributed by atoms with Crippen LogP contribution in [0.25, 0.3) is 0 Å². The Balaban J connectivity index is 1.57. The van der Waals surface area contributed by atoms with Crippen molar-refractivity contribution in [2.75, 3.05) is 26.3 Å². The van der Waals surface area contributed by atoms with Crippen LogP contribution in [0.1, 0.15) is 38.2 Å². The van der Waals surface area contributed by atoms with Gasteiger partial charge in [-0.05, 0) is 57.2 Å². The predicted molar refractivity (Wildman–Crippen MR) is 132 cm³/mol. The summed E-state index contributed by atoms with van der Waals surface area (Å²) in [4.78, 5) is 25.6. The molecule has 6 atom stereocenters. The minimum absolute atomic E-state index is 0.204. The highest BCUT2D eigenvalue weighted by molar-refractivity contribution is 6.25. The molecule has 5 unspecified atom stereocenters. The van der Waals surface area contributed by atoms with Crippen LogP contribution in [0.2, 0.25) is 0 Å². The molecule has 1 aromatic carbocycles. The number of esters is 1. The van der Waals surface area contributed by atoms with E-state index in [0.29, 0.717) is 12.5 Å². The predicted octanol–water partition coefficient (Wildman–Crippen LogP) is 2.65. The Morgan fingerprint density at radius 2 is 1.91 bits per heavy atom. The van der Waals surface area contributed by atoms with E-state index in [1.165, 1.54) is 0 Å². The average molecular weight is 515 g/mol. The van der Waals surface area contributed by atoms with E-state index in [1.807, 2.05) is 30.3 Å². The van der Waals surface area contributed by atoms with E-state index >= 15 is 0 Å². The van der Waals surface area contributed by atoms with Gasteiger partial charge in [0.2, 0.25) is 5.91 Å². The van der Waals surface area contributed by atoms with Crippen LogP contribution in [0.5, 0.6) is 0 Å². The maximum atomic E-state index is 13.1. The fourth-order valence-corrected chi connectivity index (χ4v) is 5.62. The first kappa shape index (κ1) is 27.2. The number of hydrogen-bond donors (Lipinski definition) is 3. The van der Waals surface area contributed by atoms with Crippen LogP contribution in [-0.2, 0) is 25.5 Å². The van der Waals surface area contributed by atoms with Gasteiger partial charge in [-0.25, -0.2) is 4.79 Å². The van der Waals surface area contributed by atoms with E-state index in [1.54, 1.807) is 6.92 Å². The van der Waals surface area contributed by atoms with Crippen molar-refractivity contribution < 1.29 is 24.2 Å². The molecule has 1 amide bonds. The van der Waals surface area contributed by atoms with Gasteiger partial charge in [0.1, 0.15) is 6.04 Å². The summed E-state index contributed by atoms with van der Waals surface area (Å²) in [5.41, 5.74) is 0.887. The summed E-state index contributed by atoms with van der Waals surface area (Å²) in [5, 5.41) is 15.6. The summed E-state index contributed by atoms with van der Waals surface area (Å²) in [6.07, 6.45) is 1.97. The minimum Gasteiger partial charge on any atom is -0.464 e. The molecule has 1 saturated heterocycles. The van der Waals surface area contributed by atoms with Crippen molar-refractivity contribution in [3.8, 4) is 0 Å². The van der Waals surface area contributed by atoms with Gasteiger partial charge in [0, 0.05) is 13.0 Å². The molecule has 2 aliphatic rings. The van der Waals surface area contributed by atoms with E-state index in [2.05, 4.69) is 10.6 Å². The number of aliphatic hydroxyl groups excluding tert-OH is 1. The lowest BCUT2D eigenvalue weighted by molar-refractivity contribution is -0.149. The molecule has 0 aromatic heterocycles. The van der Waals surface area contributed by atoms with Crippen LogP contribution in [0.15, 0.2) is 30.3 Å². The molecule has 3 rings (SSSR count). The van der Waals surface area contributed by atoms with Gasteiger partial charge < -0.3 is 25.2 Å². The number of aliphatic hydroxyl groups is 1. The van der Waals surface area contributed by atoms with E-state index in [9.17, 15) is 14.7 Å². The van der Waals surface area contributed by atoms with Crippen molar-refractivity contribution in [2.45, 2.75) is 68.0 Å². The number of halogens is 2. The van der Waals surface area contributed by atoms with Gasteiger partial charge in [0.15, 0.2) is 0 Å². The third kappa shape index (κ3) is 7.56. The Kier molecular flexibility index (Phi) is 10.9. The number of ether oxygens (including phenoxy) is 2. The van der Waals surface area contributed by atoms with Gasteiger partial charge in [-0.1, -0.05) is 30.3 Å². The normalized spacial score (nSPS) is 28.8. The molecule has 1 heterocycles. The topological polar surface area (TPSA) is 96.9 Å². The van der Waals surface area contributed by atoms with E-state index in [4.69, 9.17) is 32.7 Å². The molecule has 34 heavy (non-hydrogen) atoms. The van der Waals surface area contributed by atoms with Gasteiger partial charge in [-0.3, -0.25) is 4.79 Å². The molecule has 0 radical (unpaired) electrons. The van der Waals surface area contributed by atoms with Crippen LogP contribution >= 0.6 is 23.2 Å². The summed E-state index contributed by atoms with van der Waals surface area (Å²) < 4.78 is 11.1. The maximum absolute atomic E-state index is 13.1. The minimum atomic E-state index is -1.14. The first-order valence-electron chi connectivity index (χ1n) is 12.2. The lowest BCUT2D eigenvalue weighted by Gasteiger charge is -2.40. The summed E-state index contributed by atoms with van der Waals surface area (Å²) in [6, 6.07) is 8.50. The Bertz CT molecular complexity index is 778. The van der Waals surface area contributed by atoms with Crippen molar-refractivity contribution in [2.24, 2.45) is 11.8 Å². The zero-order valence-electron chi connectivity index (χ0n) is 19.6. The molecule has 0 spiro atoms. The Hall–Kier alpha value is -1.38. The molecule has 1 aliphatic heterocycles. The second-order valence-electron chi connectivity index (χ2n) is 9.11. The highest BCUT2D eigenvalue weighted by Gasteiger charge is 2.46. The molecule has 1 aromatic rings. The van der Waals surface area contributed by atoms with Crippen molar-refractivity contribution in [3.63, 3.8) is 0 Å². The van der Waals surface area contributed by atoms with Gasteiger partial charge in [-0.2, -0.15) is 0 Å². The lowest BCUT2D eigenvalue weighted by atomic mass is 9.83. The van der Waals surface area contributed by atoms with Crippen molar-refractivity contribution in [3.05, 3.63) is 35.9 Å². The number of rotatable bonds is 10. The Labute approximate surface area is 211 Å². The lowest BCUT2D eigenvalue weighted by Crippen LogP contribution is -2.56. The first-order valence-corrected chi connectivity index (χ1v) is 13.1. The maximum Gasteiger partial charge on any atom is 0.328 e. The molecule has 1 aliphatic carbocycles. The summed E-state index contributed by atoms with van der Waals surface area (Å²) in [6.45, 7) is 4.49. The van der Waals surface area contributed by atoms with Crippen LogP contribution in [0, 0.1) is 11.8 Å². The third-order valence-electron chi connectivity index (χ3n) is 6.69.